The molecule has 6 N–H and O–H groups in total. The maximum Gasteiger partial charge on any atom is 0.303 e. The van der Waals surface area contributed by atoms with Gasteiger partial charge in [0.2, 0.25) is 5.95 Å². The van der Waals surface area contributed by atoms with Crippen LogP contribution in [0.15, 0.2) is 52.7 Å². The van der Waals surface area contributed by atoms with Crippen LogP contribution < -0.4 is 16.8 Å². The highest BCUT2D eigenvalue weighted by Gasteiger charge is 2.19. The Kier molecular flexibility index (Phi) is 6.68. The minimum Gasteiger partial charge on any atom is -0.481 e. The Balaban J connectivity index is 1.69. The fourth-order valence-corrected chi connectivity index (χ4v) is 2.90. The second kappa shape index (κ2) is 9.60. The second-order valence-electron chi connectivity index (χ2n) is 6.98. The van der Waals surface area contributed by atoms with Crippen LogP contribution in [0, 0.1) is 0 Å². The number of carboxylic acids is 1. The molecule has 0 unspecified atom stereocenters. The molecule has 32 heavy (non-hydrogen) atoms. The average molecular weight is 435 g/mol. The third-order valence-corrected chi connectivity index (χ3v) is 4.58. The topological polar surface area (TPSA) is 186 Å². The highest BCUT2D eigenvalue weighted by molar-refractivity contribution is 5.97. The summed E-state index contributed by atoms with van der Waals surface area (Å²) in [5.41, 5.74) is 13.4. The van der Waals surface area contributed by atoms with Gasteiger partial charge >= 0.3 is 5.97 Å². The van der Waals surface area contributed by atoms with Crippen molar-refractivity contribution in [2.75, 3.05) is 11.5 Å². The molecule has 11 nitrogen and oxygen atoms in total. The van der Waals surface area contributed by atoms with Crippen LogP contribution in [-0.2, 0) is 9.59 Å². The number of amides is 1. The largest absolute Gasteiger partial charge is 0.481 e. The number of rotatable bonds is 8. The molecule has 164 valence electrons. The molecule has 0 radical (unpaired) electrons. The van der Waals surface area contributed by atoms with Crippen LogP contribution >= 0.6 is 0 Å². The fourth-order valence-electron chi connectivity index (χ4n) is 2.90. The molecule has 0 fully saturated rings. The van der Waals surface area contributed by atoms with Crippen LogP contribution in [0.5, 0.6) is 0 Å². The van der Waals surface area contributed by atoms with Crippen molar-refractivity contribution < 1.29 is 19.5 Å². The Hall–Kier alpha value is -4.41. The Morgan fingerprint density at radius 2 is 1.69 bits per heavy atom. The van der Waals surface area contributed by atoms with Gasteiger partial charge in [0.25, 0.3) is 5.91 Å². The molecule has 1 atom stereocenters. The van der Waals surface area contributed by atoms with Crippen LogP contribution in [0.1, 0.15) is 30.1 Å². The van der Waals surface area contributed by atoms with Crippen molar-refractivity contribution in [1.82, 2.24) is 15.3 Å². The van der Waals surface area contributed by atoms with Gasteiger partial charge in [-0.25, -0.2) is 4.98 Å². The van der Waals surface area contributed by atoms with Crippen molar-refractivity contribution in [3.8, 4) is 0 Å². The first-order chi connectivity index (χ1) is 15.2. The first-order valence-corrected chi connectivity index (χ1v) is 9.60. The molecule has 0 saturated carbocycles. The monoisotopic (exact) mass is 435 g/mol. The van der Waals surface area contributed by atoms with Crippen LogP contribution in [0.4, 0.5) is 23.1 Å². The highest BCUT2D eigenvalue weighted by atomic mass is 16.4. The van der Waals surface area contributed by atoms with E-state index in [-0.39, 0.29) is 30.4 Å². The predicted octanol–water partition coefficient (Wildman–Crippen LogP) is 2.76. The van der Waals surface area contributed by atoms with E-state index in [0.717, 1.165) is 0 Å². The molecule has 3 rings (SSSR count). The number of fused-ring (bicyclic) bond motifs is 1. The summed E-state index contributed by atoms with van der Waals surface area (Å²) in [4.78, 5) is 42.8. The molecule has 0 bridgehead atoms. The number of carboxylic acid groups (broad SMARTS) is 1. The Labute approximate surface area is 182 Å². The van der Waals surface area contributed by atoms with E-state index in [9.17, 15) is 14.4 Å². The summed E-state index contributed by atoms with van der Waals surface area (Å²) >= 11 is 0. The van der Waals surface area contributed by atoms with E-state index in [0.29, 0.717) is 27.8 Å². The van der Waals surface area contributed by atoms with E-state index in [2.05, 4.69) is 25.5 Å². The molecular weight excluding hydrogens is 414 g/mol. The molecule has 0 spiro atoms. The number of benzene rings is 2. The quantitative estimate of drug-likeness (QED) is 0.389. The number of Topliss-reactive ketones (excluding diaryl/α,β-unsaturated/α-hetero) is 1. The van der Waals surface area contributed by atoms with Crippen molar-refractivity contribution in [2.24, 2.45) is 10.2 Å². The van der Waals surface area contributed by atoms with Gasteiger partial charge in [0.15, 0.2) is 5.78 Å². The number of azo groups is 1. The summed E-state index contributed by atoms with van der Waals surface area (Å²) < 4.78 is 0. The SMILES string of the molecule is CC(=O)[C@H](CCC(=O)O)NC(=O)c1ccc(N=Nc2ccc3nc(N)nc(N)c3c2)cc1. The molecule has 0 aliphatic heterocycles. The number of carbonyl (C=O) groups is 3. The second-order valence-corrected chi connectivity index (χ2v) is 6.98. The number of nitrogens with two attached hydrogens (primary N) is 2. The fraction of sp³-hybridized carbons (Fsp3) is 0.190. The van der Waals surface area contributed by atoms with Crippen LogP contribution in [0.3, 0.4) is 0 Å². The van der Waals surface area contributed by atoms with Gasteiger partial charge in [-0.1, -0.05) is 0 Å². The van der Waals surface area contributed by atoms with Gasteiger partial charge < -0.3 is 21.9 Å². The number of anilines is 2. The molecular formula is C21H21N7O4. The lowest BCUT2D eigenvalue weighted by Gasteiger charge is -2.15. The molecule has 1 heterocycles. The molecule has 11 heteroatoms. The average Bonchev–Trinajstić information content (AvgIpc) is 2.75. The zero-order chi connectivity index (χ0) is 23.3. The summed E-state index contributed by atoms with van der Waals surface area (Å²) in [6.07, 6.45) is -0.194. The molecule has 0 saturated heterocycles. The van der Waals surface area contributed by atoms with E-state index in [1.165, 1.54) is 19.1 Å². The lowest BCUT2D eigenvalue weighted by Crippen LogP contribution is -2.40. The summed E-state index contributed by atoms with van der Waals surface area (Å²) in [7, 11) is 0. The molecule has 3 aromatic rings. The number of nitrogens with one attached hydrogen (secondary N) is 1. The van der Waals surface area contributed by atoms with E-state index in [1.807, 2.05) is 0 Å². The Morgan fingerprint density at radius 1 is 1.03 bits per heavy atom. The molecule has 1 aromatic heterocycles. The molecule has 2 aromatic carbocycles. The summed E-state index contributed by atoms with van der Waals surface area (Å²) in [5, 5.41) is 20.2. The minimum atomic E-state index is -1.04. The van der Waals surface area contributed by atoms with Crippen molar-refractivity contribution in [1.29, 1.82) is 0 Å². The van der Waals surface area contributed by atoms with Gasteiger partial charge in [-0.15, -0.1) is 0 Å². The normalized spacial score (nSPS) is 12.0. The number of hydrogen-bond donors (Lipinski definition) is 4. The van der Waals surface area contributed by atoms with Crippen molar-refractivity contribution in [3.63, 3.8) is 0 Å². The maximum absolute atomic E-state index is 12.4. The predicted molar refractivity (Wildman–Crippen MR) is 118 cm³/mol. The Bertz CT molecular complexity index is 1210. The van der Waals surface area contributed by atoms with Crippen LogP contribution in [0.25, 0.3) is 10.9 Å². The lowest BCUT2D eigenvalue weighted by molar-refractivity contribution is -0.137. The number of hydrogen-bond acceptors (Lipinski definition) is 9. The minimum absolute atomic E-state index is 0.0244. The van der Waals surface area contributed by atoms with Crippen LogP contribution in [0.2, 0.25) is 0 Å². The van der Waals surface area contributed by atoms with Gasteiger partial charge in [-0.05, 0) is 55.8 Å². The van der Waals surface area contributed by atoms with Gasteiger partial charge in [-0.3, -0.25) is 14.4 Å². The highest BCUT2D eigenvalue weighted by Crippen LogP contribution is 2.26. The van der Waals surface area contributed by atoms with E-state index < -0.39 is 17.9 Å². The smallest absolute Gasteiger partial charge is 0.303 e. The number of nitrogens with zero attached hydrogens (tertiary/aromatic N) is 4. The van der Waals surface area contributed by atoms with E-state index >= 15 is 0 Å². The molecule has 0 aliphatic carbocycles. The molecule has 0 aliphatic rings. The first-order valence-electron chi connectivity index (χ1n) is 9.60. The Morgan fingerprint density at radius 3 is 2.34 bits per heavy atom. The van der Waals surface area contributed by atoms with E-state index in [4.69, 9.17) is 16.6 Å². The van der Waals surface area contributed by atoms with Gasteiger partial charge in [0.05, 0.1) is 22.9 Å². The van der Waals surface area contributed by atoms with Crippen LogP contribution in [-0.4, -0.2) is 38.8 Å². The number of ketones is 1. The van der Waals surface area contributed by atoms with Gasteiger partial charge in [0, 0.05) is 17.4 Å². The molecule has 1 amide bonds. The number of aliphatic carboxylic acids is 1. The van der Waals surface area contributed by atoms with Crippen molar-refractivity contribution in [3.05, 3.63) is 48.0 Å². The van der Waals surface area contributed by atoms with Gasteiger partial charge in [0.1, 0.15) is 5.82 Å². The summed E-state index contributed by atoms with van der Waals surface area (Å²) in [5.74, 6) is -1.50. The lowest BCUT2D eigenvalue weighted by atomic mass is 10.1. The third-order valence-electron chi connectivity index (χ3n) is 4.58. The van der Waals surface area contributed by atoms with Gasteiger partial charge in [-0.2, -0.15) is 15.2 Å². The van der Waals surface area contributed by atoms with Crippen molar-refractivity contribution in [2.45, 2.75) is 25.8 Å². The summed E-state index contributed by atoms with van der Waals surface area (Å²) in [6, 6.07) is 10.5. The maximum atomic E-state index is 12.4. The number of carbonyl (C=O) groups excluding carboxylic acids is 2. The van der Waals surface area contributed by atoms with E-state index in [1.54, 1.807) is 30.3 Å². The number of nitrogen functional groups attached to an aromatic ring is 2. The first kappa shape index (κ1) is 22.3. The standard InChI is InChI=1S/C21H21N7O4/c1-11(29)16(8-9-18(30)31)24-20(32)12-2-4-13(5-3-12)27-28-14-6-7-17-15(10-14)19(22)26-21(23)25-17/h2-7,10,16H,8-9H2,1H3,(H,24,32)(H,30,31)(H4,22,23,25,26)/t16-/m0/s1. The van der Waals surface area contributed by atoms with Crippen molar-refractivity contribution >= 4 is 51.7 Å². The third kappa shape index (κ3) is 5.59. The summed E-state index contributed by atoms with van der Waals surface area (Å²) in [6.45, 7) is 1.30. The number of aromatic nitrogens is 2. The zero-order valence-electron chi connectivity index (χ0n) is 17.1. The zero-order valence-corrected chi connectivity index (χ0v) is 17.1.